The molecule has 2 N–H and O–H groups in total. The van der Waals surface area contributed by atoms with Gasteiger partial charge in [-0.2, -0.15) is 0 Å². The summed E-state index contributed by atoms with van der Waals surface area (Å²) in [7, 11) is 0. The zero-order valence-electron chi connectivity index (χ0n) is 8.65. The third kappa shape index (κ3) is 1.77. The van der Waals surface area contributed by atoms with Gasteiger partial charge in [0.1, 0.15) is 5.69 Å². The molecule has 1 aliphatic rings. The third-order valence-corrected chi connectivity index (χ3v) is 3.23. The number of carbonyl (C=O) groups excluding carboxylic acids is 1. The standard InChI is InChI=1S/C11H15N3O/c12-8-11(3-1-2-4-11)10(15)9-7-13-5-6-14-9/h5-7H,1-4,8,12H2. The van der Waals surface area contributed by atoms with Gasteiger partial charge in [0.15, 0.2) is 5.78 Å². The summed E-state index contributed by atoms with van der Waals surface area (Å²) in [6.45, 7) is 0.419. The number of nitrogens with zero attached hydrogens (tertiary/aromatic N) is 2. The van der Waals surface area contributed by atoms with Crippen LogP contribution in [0.2, 0.25) is 0 Å². The highest BCUT2D eigenvalue weighted by atomic mass is 16.1. The van der Waals surface area contributed by atoms with E-state index in [0.29, 0.717) is 12.2 Å². The lowest BCUT2D eigenvalue weighted by Gasteiger charge is -2.24. The molecular formula is C11H15N3O. The van der Waals surface area contributed by atoms with E-state index < -0.39 is 0 Å². The number of rotatable bonds is 3. The van der Waals surface area contributed by atoms with Crippen LogP contribution in [0, 0.1) is 5.41 Å². The van der Waals surface area contributed by atoms with E-state index >= 15 is 0 Å². The Kier molecular flexibility index (Phi) is 2.77. The van der Waals surface area contributed by atoms with Gasteiger partial charge in [0.05, 0.1) is 6.20 Å². The molecule has 0 radical (unpaired) electrons. The number of aromatic nitrogens is 2. The molecular weight excluding hydrogens is 190 g/mol. The van der Waals surface area contributed by atoms with E-state index in [-0.39, 0.29) is 11.2 Å². The van der Waals surface area contributed by atoms with E-state index in [0.717, 1.165) is 25.7 Å². The van der Waals surface area contributed by atoms with Gasteiger partial charge in [-0.15, -0.1) is 0 Å². The van der Waals surface area contributed by atoms with Crippen molar-refractivity contribution >= 4 is 5.78 Å². The van der Waals surface area contributed by atoms with Crippen molar-refractivity contribution in [2.75, 3.05) is 6.54 Å². The fourth-order valence-corrected chi connectivity index (χ4v) is 2.26. The molecule has 1 aromatic rings. The van der Waals surface area contributed by atoms with Gasteiger partial charge in [0.25, 0.3) is 0 Å². The summed E-state index contributed by atoms with van der Waals surface area (Å²) in [5.41, 5.74) is 5.82. The molecule has 0 saturated heterocycles. The molecule has 1 saturated carbocycles. The Bertz CT molecular complexity index is 344. The molecule has 80 valence electrons. The Morgan fingerprint density at radius 3 is 2.67 bits per heavy atom. The maximum Gasteiger partial charge on any atom is 0.190 e. The predicted octanol–water partition coefficient (Wildman–Crippen LogP) is 1.18. The Morgan fingerprint density at radius 1 is 1.40 bits per heavy atom. The first-order chi connectivity index (χ1) is 7.28. The molecule has 0 amide bonds. The number of carbonyl (C=O) groups is 1. The summed E-state index contributed by atoms with van der Waals surface area (Å²) in [6.07, 6.45) is 8.59. The smallest absolute Gasteiger partial charge is 0.190 e. The lowest BCUT2D eigenvalue weighted by molar-refractivity contribution is 0.0804. The van der Waals surface area contributed by atoms with Crippen molar-refractivity contribution in [3.05, 3.63) is 24.3 Å². The minimum atomic E-state index is -0.365. The van der Waals surface area contributed by atoms with E-state index in [9.17, 15) is 4.79 Å². The van der Waals surface area contributed by atoms with Gasteiger partial charge in [0, 0.05) is 24.4 Å². The molecule has 0 spiro atoms. The van der Waals surface area contributed by atoms with Crippen molar-refractivity contribution in [3.8, 4) is 0 Å². The largest absolute Gasteiger partial charge is 0.329 e. The lowest BCUT2D eigenvalue weighted by Crippen LogP contribution is -2.36. The molecule has 1 aliphatic carbocycles. The van der Waals surface area contributed by atoms with Crippen LogP contribution in [0.25, 0.3) is 0 Å². The van der Waals surface area contributed by atoms with Gasteiger partial charge in [-0.25, -0.2) is 4.98 Å². The van der Waals surface area contributed by atoms with Crippen LogP contribution >= 0.6 is 0 Å². The number of Topliss-reactive ketones (excluding diaryl/α,β-unsaturated/α-hetero) is 1. The maximum absolute atomic E-state index is 12.2. The Hall–Kier alpha value is -1.29. The predicted molar refractivity (Wildman–Crippen MR) is 56.3 cm³/mol. The zero-order valence-corrected chi connectivity index (χ0v) is 8.65. The van der Waals surface area contributed by atoms with E-state index in [1.165, 1.54) is 6.20 Å². The van der Waals surface area contributed by atoms with Gasteiger partial charge in [-0.05, 0) is 12.8 Å². The van der Waals surface area contributed by atoms with Crippen LogP contribution in [0.1, 0.15) is 36.2 Å². The van der Waals surface area contributed by atoms with Gasteiger partial charge in [-0.1, -0.05) is 12.8 Å². The van der Waals surface area contributed by atoms with Crippen molar-refractivity contribution in [3.63, 3.8) is 0 Å². The minimum Gasteiger partial charge on any atom is -0.329 e. The summed E-state index contributed by atoms with van der Waals surface area (Å²) in [5.74, 6) is 0.0654. The van der Waals surface area contributed by atoms with Crippen LogP contribution in [0.5, 0.6) is 0 Å². The number of hydrogen-bond donors (Lipinski definition) is 1. The molecule has 1 aromatic heterocycles. The molecule has 4 heteroatoms. The third-order valence-electron chi connectivity index (χ3n) is 3.23. The normalized spacial score (nSPS) is 19.0. The maximum atomic E-state index is 12.2. The lowest BCUT2D eigenvalue weighted by atomic mass is 9.80. The van der Waals surface area contributed by atoms with Crippen molar-refractivity contribution in [2.24, 2.45) is 11.1 Å². The fraction of sp³-hybridized carbons (Fsp3) is 0.545. The van der Waals surface area contributed by atoms with E-state index in [2.05, 4.69) is 9.97 Å². The second-order valence-corrected chi connectivity index (χ2v) is 4.11. The Labute approximate surface area is 88.9 Å². The van der Waals surface area contributed by atoms with Crippen LogP contribution in [-0.4, -0.2) is 22.3 Å². The average Bonchev–Trinajstić information content (AvgIpc) is 2.79. The molecule has 0 aromatic carbocycles. The molecule has 15 heavy (non-hydrogen) atoms. The second-order valence-electron chi connectivity index (χ2n) is 4.11. The topological polar surface area (TPSA) is 68.9 Å². The van der Waals surface area contributed by atoms with Gasteiger partial charge < -0.3 is 5.73 Å². The first-order valence-electron chi connectivity index (χ1n) is 5.29. The zero-order chi connectivity index (χ0) is 10.7. The minimum absolute atomic E-state index is 0.0654. The summed E-state index contributed by atoms with van der Waals surface area (Å²) in [6, 6.07) is 0. The highest BCUT2D eigenvalue weighted by Gasteiger charge is 2.40. The molecule has 1 heterocycles. The number of hydrogen-bond acceptors (Lipinski definition) is 4. The Balaban J connectivity index is 2.27. The fourth-order valence-electron chi connectivity index (χ4n) is 2.26. The van der Waals surface area contributed by atoms with Crippen molar-refractivity contribution in [1.29, 1.82) is 0 Å². The van der Waals surface area contributed by atoms with Crippen LogP contribution in [-0.2, 0) is 0 Å². The van der Waals surface area contributed by atoms with E-state index in [1.807, 2.05) is 0 Å². The summed E-state index contributed by atoms with van der Waals surface area (Å²) >= 11 is 0. The Morgan fingerprint density at radius 2 is 2.13 bits per heavy atom. The highest BCUT2D eigenvalue weighted by Crippen LogP contribution is 2.39. The summed E-state index contributed by atoms with van der Waals surface area (Å²) in [4.78, 5) is 20.2. The molecule has 2 rings (SSSR count). The van der Waals surface area contributed by atoms with Crippen molar-refractivity contribution in [1.82, 2.24) is 9.97 Å². The summed E-state index contributed by atoms with van der Waals surface area (Å²) in [5, 5.41) is 0. The second kappa shape index (κ2) is 4.06. The molecule has 1 fully saturated rings. The van der Waals surface area contributed by atoms with Crippen molar-refractivity contribution < 1.29 is 4.79 Å². The van der Waals surface area contributed by atoms with E-state index in [1.54, 1.807) is 12.4 Å². The van der Waals surface area contributed by atoms with E-state index in [4.69, 9.17) is 5.73 Å². The van der Waals surface area contributed by atoms with Crippen LogP contribution in [0.3, 0.4) is 0 Å². The average molecular weight is 205 g/mol. The molecule has 0 aliphatic heterocycles. The monoisotopic (exact) mass is 205 g/mol. The number of ketones is 1. The SMILES string of the molecule is NCC1(C(=O)c2cnccn2)CCCC1. The van der Waals surface area contributed by atoms with Crippen LogP contribution in [0.4, 0.5) is 0 Å². The van der Waals surface area contributed by atoms with Gasteiger partial charge >= 0.3 is 0 Å². The first-order valence-corrected chi connectivity index (χ1v) is 5.29. The van der Waals surface area contributed by atoms with Crippen molar-refractivity contribution in [2.45, 2.75) is 25.7 Å². The summed E-state index contributed by atoms with van der Waals surface area (Å²) < 4.78 is 0. The number of nitrogens with two attached hydrogens (primary N) is 1. The molecule has 0 bridgehead atoms. The highest BCUT2D eigenvalue weighted by molar-refractivity contribution is 5.99. The quantitative estimate of drug-likeness (QED) is 0.752. The van der Waals surface area contributed by atoms with Crippen LogP contribution < -0.4 is 5.73 Å². The molecule has 0 atom stereocenters. The molecule has 4 nitrogen and oxygen atoms in total. The van der Waals surface area contributed by atoms with Crippen LogP contribution in [0.15, 0.2) is 18.6 Å². The molecule has 0 unspecified atom stereocenters. The van der Waals surface area contributed by atoms with Gasteiger partial charge in [-0.3, -0.25) is 9.78 Å². The van der Waals surface area contributed by atoms with Gasteiger partial charge in [0.2, 0.25) is 0 Å². The first kappa shape index (κ1) is 10.2.